The smallest absolute Gasteiger partial charge is 0.338 e. The van der Waals surface area contributed by atoms with E-state index in [1.54, 1.807) is 12.1 Å². The van der Waals surface area contributed by atoms with Gasteiger partial charge in [0.25, 0.3) is 0 Å². The van der Waals surface area contributed by atoms with E-state index in [0.717, 1.165) is 17.9 Å². The van der Waals surface area contributed by atoms with E-state index < -0.39 is 0 Å². The van der Waals surface area contributed by atoms with Gasteiger partial charge in [-0.05, 0) is 43.0 Å². The summed E-state index contributed by atoms with van der Waals surface area (Å²) in [6.45, 7) is 2.44. The zero-order chi connectivity index (χ0) is 11.5. The first-order chi connectivity index (χ1) is 7.65. The molecule has 0 bridgehead atoms. The van der Waals surface area contributed by atoms with E-state index in [1.807, 2.05) is 13.0 Å². The maximum atomic E-state index is 11.7. The van der Waals surface area contributed by atoms with E-state index in [1.165, 1.54) is 12.8 Å². The second-order valence-corrected chi connectivity index (χ2v) is 4.50. The van der Waals surface area contributed by atoms with Gasteiger partial charge in [0.1, 0.15) is 0 Å². The molecule has 1 aliphatic rings. The number of hydrogen-bond acceptors (Lipinski definition) is 3. The van der Waals surface area contributed by atoms with Crippen LogP contribution in [0.15, 0.2) is 18.2 Å². The summed E-state index contributed by atoms with van der Waals surface area (Å²) in [6.07, 6.45) is 3.57. The van der Waals surface area contributed by atoms with E-state index >= 15 is 0 Å². The number of hydrogen-bond donors (Lipinski definition) is 1. The number of esters is 1. The Labute approximate surface area is 95.6 Å². The van der Waals surface area contributed by atoms with Crippen molar-refractivity contribution in [3.63, 3.8) is 0 Å². The van der Waals surface area contributed by atoms with E-state index in [2.05, 4.69) is 0 Å². The fourth-order valence-corrected chi connectivity index (χ4v) is 1.74. The van der Waals surface area contributed by atoms with E-state index in [0.29, 0.717) is 17.9 Å². The van der Waals surface area contributed by atoms with Crippen LogP contribution in [0.5, 0.6) is 0 Å². The monoisotopic (exact) mass is 219 g/mol. The molecule has 1 saturated carbocycles. The zero-order valence-electron chi connectivity index (χ0n) is 9.53. The molecule has 1 fully saturated rings. The van der Waals surface area contributed by atoms with Gasteiger partial charge in [0.15, 0.2) is 0 Å². The SMILES string of the molecule is Cc1cc(N)cc(C(=O)OCCC2CC2)c1. The molecule has 2 N–H and O–H groups in total. The first kappa shape index (κ1) is 11.0. The fourth-order valence-electron chi connectivity index (χ4n) is 1.74. The summed E-state index contributed by atoms with van der Waals surface area (Å²) in [5, 5.41) is 0. The van der Waals surface area contributed by atoms with Gasteiger partial charge in [-0.15, -0.1) is 0 Å². The Morgan fingerprint density at radius 3 is 2.81 bits per heavy atom. The maximum absolute atomic E-state index is 11.7. The Balaban J connectivity index is 1.91. The molecular formula is C13H17NO2. The van der Waals surface area contributed by atoms with Crippen molar-refractivity contribution in [1.82, 2.24) is 0 Å². The predicted molar refractivity (Wildman–Crippen MR) is 63.2 cm³/mol. The summed E-state index contributed by atoms with van der Waals surface area (Å²) in [7, 11) is 0. The van der Waals surface area contributed by atoms with Crippen molar-refractivity contribution >= 4 is 11.7 Å². The van der Waals surface area contributed by atoms with Crippen molar-refractivity contribution in [3.8, 4) is 0 Å². The number of anilines is 1. The van der Waals surface area contributed by atoms with Crippen LogP contribution in [0.2, 0.25) is 0 Å². The number of carbonyl (C=O) groups is 1. The third kappa shape index (κ3) is 2.99. The van der Waals surface area contributed by atoms with E-state index in [9.17, 15) is 4.79 Å². The minimum atomic E-state index is -0.268. The van der Waals surface area contributed by atoms with Gasteiger partial charge in [0.2, 0.25) is 0 Å². The first-order valence-corrected chi connectivity index (χ1v) is 5.69. The molecular weight excluding hydrogens is 202 g/mol. The standard InChI is InChI=1S/C13H17NO2/c1-9-6-11(8-12(14)7-9)13(15)16-5-4-10-2-3-10/h6-8,10H,2-5,14H2,1H3. The number of carbonyl (C=O) groups excluding carboxylic acids is 1. The van der Waals surface area contributed by atoms with E-state index in [-0.39, 0.29) is 5.97 Å². The highest BCUT2D eigenvalue weighted by Gasteiger charge is 2.21. The number of aryl methyl sites for hydroxylation is 1. The fraction of sp³-hybridized carbons (Fsp3) is 0.462. The summed E-state index contributed by atoms with van der Waals surface area (Å²) in [5.41, 5.74) is 7.81. The number of ether oxygens (including phenoxy) is 1. The third-order valence-corrected chi connectivity index (χ3v) is 2.79. The second-order valence-electron chi connectivity index (χ2n) is 4.50. The van der Waals surface area contributed by atoms with Crippen LogP contribution in [0.4, 0.5) is 5.69 Å². The molecule has 0 aromatic heterocycles. The molecule has 0 saturated heterocycles. The summed E-state index contributed by atoms with van der Waals surface area (Å²) in [6, 6.07) is 5.29. The van der Waals surface area contributed by atoms with Gasteiger partial charge < -0.3 is 10.5 Å². The Morgan fingerprint density at radius 2 is 2.19 bits per heavy atom. The Hall–Kier alpha value is -1.51. The molecule has 0 spiro atoms. The second kappa shape index (κ2) is 4.56. The molecule has 1 aromatic carbocycles. The molecule has 0 radical (unpaired) electrons. The number of nitrogens with two attached hydrogens (primary N) is 1. The molecule has 1 aromatic rings. The number of benzene rings is 1. The highest BCUT2D eigenvalue weighted by molar-refractivity contribution is 5.90. The van der Waals surface area contributed by atoms with Crippen molar-refractivity contribution in [2.75, 3.05) is 12.3 Å². The molecule has 0 unspecified atom stereocenters. The van der Waals surface area contributed by atoms with Crippen LogP contribution in [0, 0.1) is 12.8 Å². The number of rotatable bonds is 4. The van der Waals surface area contributed by atoms with Crippen molar-refractivity contribution in [3.05, 3.63) is 29.3 Å². The minimum Gasteiger partial charge on any atom is -0.462 e. The van der Waals surface area contributed by atoms with Crippen molar-refractivity contribution in [2.45, 2.75) is 26.2 Å². The lowest BCUT2D eigenvalue weighted by Gasteiger charge is -2.06. The van der Waals surface area contributed by atoms with E-state index in [4.69, 9.17) is 10.5 Å². The number of nitrogen functional groups attached to an aromatic ring is 1. The lowest BCUT2D eigenvalue weighted by Crippen LogP contribution is -2.07. The van der Waals surface area contributed by atoms with Crippen molar-refractivity contribution < 1.29 is 9.53 Å². The highest BCUT2D eigenvalue weighted by Crippen LogP contribution is 2.32. The van der Waals surface area contributed by atoms with Crippen LogP contribution >= 0.6 is 0 Å². The normalized spacial score (nSPS) is 14.8. The van der Waals surface area contributed by atoms with Gasteiger partial charge in [-0.1, -0.05) is 12.8 Å². The molecule has 16 heavy (non-hydrogen) atoms. The largest absolute Gasteiger partial charge is 0.462 e. The third-order valence-electron chi connectivity index (χ3n) is 2.79. The average Bonchev–Trinajstić information content (AvgIpc) is 3.00. The molecule has 3 nitrogen and oxygen atoms in total. The predicted octanol–water partition coefficient (Wildman–Crippen LogP) is 2.53. The van der Waals surface area contributed by atoms with Crippen LogP contribution in [-0.4, -0.2) is 12.6 Å². The topological polar surface area (TPSA) is 52.3 Å². The van der Waals surface area contributed by atoms with Crippen molar-refractivity contribution in [1.29, 1.82) is 0 Å². The molecule has 1 aliphatic carbocycles. The molecule has 3 heteroatoms. The average molecular weight is 219 g/mol. The quantitative estimate of drug-likeness (QED) is 0.625. The maximum Gasteiger partial charge on any atom is 0.338 e. The van der Waals surface area contributed by atoms with Crippen LogP contribution in [-0.2, 0) is 4.74 Å². The molecule has 0 aliphatic heterocycles. The zero-order valence-corrected chi connectivity index (χ0v) is 9.53. The summed E-state index contributed by atoms with van der Waals surface area (Å²) in [4.78, 5) is 11.7. The Morgan fingerprint density at radius 1 is 1.44 bits per heavy atom. The van der Waals surface area contributed by atoms with Crippen LogP contribution in [0.1, 0.15) is 35.2 Å². The van der Waals surface area contributed by atoms with Crippen LogP contribution in [0.3, 0.4) is 0 Å². The Kier molecular flexibility index (Phi) is 3.13. The molecule has 2 rings (SSSR count). The van der Waals surface area contributed by atoms with Gasteiger partial charge in [-0.25, -0.2) is 4.79 Å². The first-order valence-electron chi connectivity index (χ1n) is 5.69. The van der Waals surface area contributed by atoms with Gasteiger partial charge in [-0.3, -0.25) is 0 Å². The summed E-state index contributed by atoms with van der Waals surface area (Å²) < 4.78 is 5.19. The lowest BCUT2D eigenvalue weighted by molar-refractivity contribution is 0.0495. The highest BCUT2D eigenvalue weighted by atomic mass is 16.5. The molecule has 86 valence electrons. The van der Waals surface area contributed by atoms with Gasteiger partial charge >= 0.3 is 5.97 Å². The lowest BCUT2D eigenvalue weighted by atomic mass is 10.1. The minimum absolute atomic E-state index is 0.268. The summed E-state index contributed by atoms with van der Waals surface area (Å²) >= 11 is 0. The Bertz CT molecular complexity index is 377. The van der Waals surface area contributed by atoms with Gasteiger partial charge in [0, 0.05) is 5.69 Å². The van der Waals surface area contributed by atoms with Crippen LogP contribution < -0.4 is 5.73 Å². The van der Waals surface area contributed by atoms with Crippen LogP contribution in [0.25, 0.3) is 0 Å². The summed E-state index contributed by atoms with van der Waals surface area (Å²) in [5.74, 6) is 0.520. The van der Waals surface area contributed by atoms with Crippen molar-refractivity contribution in [2.24, 2.45) is 5.92 Å². The van der Waals surface area contributed by atoms with Gasteiger partial charge in [0.05, 0.1) is 12.2 Å². The molecule has 0 amide bonds. The molecule has 0 atom stereocenters. The molecule has 0 heterocycles. The van der Waals surface area contributed by atoms with Gasteiger partial charge in [-0.2, -0.15) is 0 Å².